The Bertz CT molecular complexity index is 1090. The van der Waals surface area contributed by atoms with E-state index in [4.69, 9.17) is 0 Å². The first-order valence-electron chi connectivity index (χ1n) is 9.16. The zero-order valence-corrected chi connectivity index (χ0v) is 16.1. The number of nitrogens with one attached hydrogen (secondary N) is 2. The molecule has 1 unspecified atom stereocenters. The molecule has 0 aliphatic rings. The Kier molecular flexibility index (Phi) is 5.87. The predicted octanol–water partition coefficient (Wildman–Crippen LogP) is 3.66. The summed E-state index contributed by atoms with van der Waals surface area (Å²) in [5.74, 6) is -0.887. The molecule has 7 heteroatoms. The van der Waals surface area contributed by atoms with Crippen molar-refractivity contribution in [2.75, 3.05) is 6.54 Å². The minimum atomic E-state index is -0.540. The van der Waals surface area contributed by atoms with Crippen molar-refractivity contribution in [1.29, 1.82) is 0 Å². The van der Waals surface area contributed by atoms with Crippen LogP contribution < -0.4 is 10.6 Å². The molecule has 7 nitrogen and oxygen atoms in total. The van der Waals surface area contributed by atoms with E-state index >= 15 is 0 Å². The minimum absolute atomic E-state index is 0.132. The van der Waals surface area contributed by atoms with Crippen LogP contribution in [-0.2, 0) is 4.79 Å². The van der Waals surface area contributed by atoms with Crippen molar-refractivity contribution in [3.63, 3.8) is 0 Å². The van der Waals surface area contributed by atoms with E-state index in [1.54, 1.807) is 6.92 Å². The fourth-order valence-electron chi connectivity index (χ4n) is 3.06. The van der Waals surface area contributed by atoms with Crippen LogP contribution in [0.15, 0.2) is 60.7 Å². The molecular weight excluding hydrogens is 370 g/mol. The Balaban J connectivity index is 1.59. The minimum Gasteiger partial charge on any atom is -0.348 e. The van der Waals surface area contributed by atoms with Crippen molar-refractivity contribution in [2.24, 2.45) is 0 Å². The lowest BCUT2D eigenvalue weighted by Gasteiger charge is -2.15. The number of nitro benzene ring substituents is 1. The number of amides is 2. The molecule has 0 aliphatic heterocycles. The fourth-order valence-corrected chi connectivity index (χ4v) is 3.06. The molecule has 0 bridgehead atoms. The van der Waals surface area contributed by atoms with Crippen molar-refractivity contribution in [3.8, 4) is 0 Å². The molecule has 0 spiro atoms. The van der Waals surface area contributed by atoms with Gasteiger partial charge in [0.1, 0.15) is 0 Å². The highest BCUT2D eigenvalue weighted by Gasteiger charge is 2.16. The van der Waals surface area contributed by atoms with Gasteiger partial charge in [0.25, 0.3) is 11.6 Å². The van der Waals surface area contributed by atoms with E-state index < -0.39 is 10.8 Å². The van der Waals surface area contributed by atoms with Gasteiger partial charge in [0.2, 0.25) is 5.91 Å². The highest BCUT2D eigenvalue weighted by atomic mass is 16.6. The molecule has 3 aromatic carbocycles. The van der Waals surface area contributed by atoms with Gasteiger partial charge in [-0.2, -0.15) is 0 Å². The summed E-state index contributed by atoms with van der Waals surface area (Å²) in [4.78, 5) is 34.9. The van der Waals surface area contributed by atoms with E-state index in [1.165, 1.54) is 18.2 Å². The van der Waals surface area contributed by atoms with Gasteiger partial charge in [0, 0.05) is 17.2 Å². The second-order valence-electron chi connectivity index (χ2n) is 6.84. The molecule has 0 saturated heterocycles. The Morgan fingerprint density at radius 2 is 1.76 bits per heavy atom. The quantitative estimate of drug-likeness (QED) is 0.494. The van der Waals surface area contributed by atoms with Gasteiger partial charge in [0.15, 0.2) is 0 Å². The van der Waals surface area contributed by atoms with Gasteiger partial charge in [-0.15, -0.1) is 0 Å². The standard InChI is InChI=1S/C22H21N3O4/c1-14-7-8-19(12-20(14)25(28)29)22(27)23-13-21(26)24-15(2)17-10-9-16-5-3-4-6-18(16)11-17/h3-12,15H,13H2,1-2H3,(H,23,27)(H,24,26). The number of rotatable bonds is 6. The van der Waals surface area contributed by atoms with Crippen molar-refractivity contribution in [1.82, 2.24) is 10.6 Å². The van der Waals surface area contributed by atoms with Gasteiger partial charge in [-0.25, -0.2) is 0 Å². The van der Waals surface area contributed by atoms with Gasteiger partial charge < -0.3 is 10.6 Å². The number of aryl methyl sites for hydroxylation is 1. The van der Waals surface area contributed by atoms with Crippen LogP contribution in [0.25, 0.3) is 10.8 Å². The van der Waals surface area contributed by atoms with Crippen LogP contribution in [0.4, 0.5) is 5.69 Å². The maximum atomic E-state index is 12.2. The van der Waals surface area contributed by atoms with Crippen LogP contribution in [0.1, 0.15) is 34.5 Å². The van der Waals surface area contributed by atoms with Crippen LogP contribution >= 0.6 is 0 Å². The van der Waals surface area contributed by atoms with Gasteiger partial charge in [-0.1, -0.05) is 42.5 Å². The third-order valence-electron chi connectivity index (χ3n) is 4.73. The maximum Gasteiger partial charge on any atom is 0.273 e. The number of nitrogens with zero attached hydrogens (tertiary/aromatic N) is 1. The normalized spacial score (nSPS) is 11.7. The Labute approximate surface area is 167 Å². The van der Waals surface area contributed by atoms with E-state index in [1.807, 2.05) is 49.4 Å². The highest BCUT2D eigenvalue weighted by molar-refractivity contribution is 5.97. The Morgan fingerprint density at radius 3 is 2.48 bits per heavy atom. The van der Waals surface area contributed by atoms with Crippen molar-refractivity contribution in [3.05, 3.63) is 87.5 Å². The third-order valence-corrected chi connectivity index (χ3v) is 4.73. The Hall–Kier alpha value is -3.74. The molecule has 148 valence electrons. The number of carbonyl (C=O) groups is 2. The summed E-state index contributed by atoms with van der Waals surface area (Å²) in [6, 6.07) is 17.9. The van der Waals surface area contributed by atoms with Crippen molar-refractivity contribution >= 4 is 28.3 Å². The number of carbonyl (C=O) groups excluding carboxylic acids is 2. The SMILES string of the molecule is Cc1ccc(C(=O)NCC(=O)NC(C)c2ccc3ccccc3c2)cc1[N+](=O)[O-]. The summed E-state index contributed by atoms with van der Waals surface area (Å²) < 4.78 is 0. The van der Waals surface area contributed by atoms with Gasteiger partial charge in [-0.3, -0.25) is 19.7 Å². The predicted molar refractivity (Wildman–Crippen MR) is 111 cm³/mol. The summed E-state index contributed by atoms with van der Waals surface area (Å²) in [7, 11) is 0. The molecule has 0 heterocycles. The van der Waals surface area contributed by atoms with E-state index in [0.29, 0.717) is 5.56 Å². The van der Waals surface area contributed by atoms with Crippen molar-refractivity contribution < 1.29 is 14.5 Å². The molecule has 3 aromatic rings. The summed E-state index contributed by atoms with van der Waals surface area (Å²) in [6.45, 7) is 3.24. The molecule has 0 aromatic heterocycles. The van der Waals surface area contributed by atoms with E-state index in [-0.39, 0.29) is 29.7 Å². The number of nitro groups is 1. The lowest BCUT2D eigenvalue weighted by atomic mass is 10.0. The van der Waals surface area contributed by atoms with Crippen LogP contribution in [0.3, 0.4) is 0 Å². The molecule has 2 N–H and O–H groups in total. The second kappa shape index (κ2) is 8.52. The average molecular weight is 391 g/mol. The molecule has 0 aliphatic carbocycles. The topological polar surface area (TPSA) is 101 Å². The molecule has 3 rings (SSSR count). The second-order valence-corrected chi connectivity index (χ2v) is 6.84. The zero-order chi connectivity index (χ0) is 21.0. The lowest BCUT2D eigenvalue weighted by Crippen LogP contribution is -2.38. The zero-order valence-electron chi connectivity index (χ0n) is 16.1. The highest BCUT2D eigenvalue weighted by Crippen LogP contribution is 2.20. The average Bonchev–Trinajstić information content (AvgIpc) is 2.71. The summed E-state index contributed by atoms with van der Waals surface area (Å²) in [5, 5.41) is 18.6. The van der Waals surface area contributed by atoms with Crippen LogP contribution in [0.5, 0.6) is 0 Å². The first-order valence-corrected chi connectivity index (χ1v) is 9.16. The van der Waals surface area contributed by atoms with Crippen LogP contribution in [-0.4, -0.2) is 23.3 Å². The van der Waals surface area contributed by atoms with Crippen LogP contribution in [0, 0.1) is 17.0 Å². The first kappa shape index (κ1) is 20.0. The number of benzene rings is 3. The number of fused-ring (bicyclic) bond motifs is 1. The van der Waals surface area contributed by atoms with Gasteiger partial charge >= 0.3 is 0 Å². The monoisotopic (exact) mass is 391 g/mol. The first-order chi connectivity index (χ1) is 13.8. The molecule has 1 atom stereocenters. The fraction of sp³-hybridized carbons (Fsp3) is 0.182. The number of hydrogen-bond donors (Lipinski definition) is 2. The molecule has 29 heavy (non-hydrogen) atoms. The third kappa shape index (κ3) is 4.76. The Morgan fingerprint density at radius 1 is 1.03 bits per heavy atom. The summed E-state index contributed by atoms with van der Waals surface area (Å²) in [5.41, 5.74) is 1.43. The largest absolute Gasteiger partial charge is 0.348 e. The van der Waals surface area contributed by atoms with Crippen LogP contribution in [0.2, 0.25) is 0 Å². The number of hydrogen-bond acceptors (Lipinski definition) is 4. The molecule has 0 saturated carbocycles. The van der Waals surface area contributed by atoms with E-state index in [0.717, 1.165) is 16.3 Å². The summed E-state index contributed by atoms with van der Waals surface area (Å²) >= 11 is 0. The molecule has 0 radical (unpaired) electrons. The molecular formula is C22H21N3O4. The maximum absolute atomic E-state index is 12.2. The lowest BCUT2D eigenvalue weighted by molar-refractivity contribution is -0.385. The van der Waals surface area contributed by atoms with Gasteiger partial charge in [-0.05, 0) is 42.3 Å². The smallest absolute Gasteiger partial charge is 0.273 e. The molecule has 2 amide bonds. The van der Waals surface area contributed by atoms with Gasteiger partial charge in [0.05, 0.1) is 17.5 Å². The molecule has 0 fully saturated rings. The summed E-state index contributed by atoms with van der Waals surface area (Å²) in [6.07, 6.45) is 0. The van der Waals surface area contributed by atoms with E-state index in [9.17, 15) is 19.7 Å². The van der Waals surface area contributed by atoms with Crippen molar-refractivity contribution in [2.45, 2.75) is 19.9 Å². The van der Waals surface area contributed by atoms with E-state index in [2.05, 4.69) is 10.6 Å².